The summed E-state index contributed by atoms with van der Waals surface area (Å²) in [6, 6.07) is 0. The van der Waals surface area contributed by atoms with Gasteiger partial charge < -0.3 is 4.84 Å². The van der Waals surface area contributed by atoms with E-state index in [0.29, 0.717) is 0 Å². The molecule has 0 amide bonds. The topological polar surface area (TPSA) is 114 Å². The quantitative estimate of drug-likeness (QED) is 0.411. The van der Waals surface area contributed by atoms with Gasteiger partial charge in [0.05, 0.1) is 0 Å². The molecule has 78 valence electrons. The molecular weight excluding hydrogens is 234 g/mol. The maximum absolute atomic E-state index is 10.9. The van der Waals surface area contributed by atoms with Crippen molar-refractivity contribution in [2.45, 2.75) is 0 Å². The summed E-state index contributed by atoms with van der Waals surface area (Å²) in [5.41, 5.74) is -3.27. The van der Waals surface area contributed by atoms with Gasteiger partial charge in [0.1, 0.15) is 0 Å². The van der Waals surface area contributed by atoms with Gasteiger partial charge in [-0.2, -0.15) is 0 Å². The molecule has 1 aromatic rings. The second kappa shape index (κ2) is 5.69. The van der Waals surface area contributed by atoms with E-state index in [0.717, 1.165) is 6.08 Å². The molecule has 0 bridgehead atoms. The zero-order valence-electron chi connectivity index (χ0n) is 6.77. The standard InChI is InChI=1S/C6H5N3O5.Ca.2H/c1-2-3(10)14-9-5(12)7-4(11)8-6(9)13;;;/h2H,1H2,(H2,7,8,11,12,13);;;. The van der Waals surface area contributed by atoms with Gasteiger partial charge in [-0.05, 0) is 0 Å². The molecule has 1 heterocycles. The van der Waals surface area contributed by atoms with Gasteiger partial charge in [-0.1, -0.05) is 11.3 Å². The Morgan fingerprint density at radius 2 is 1.73 bits per heavy atom. The van der Waals surface area contributed by atoms with E-state index in [1.807, 2.05) is 0 Å². The first-order chi connectivity index (χ1) is 6.54. The van der Waals surface area contributed by atoms with Crippen molar-refractivity contribution in [1.82, 2.24) is 14.7 Å². The molecule has 8 nitrogen and oxygen atoms in total. The Morgan fingerprint density at radius 1 is 1.27 bits per heavy atom. The SMILES string of the molecule is C=CC(=O)On1c(=O)[nH]c(=O)[nH]c1=O.[CaH2]. The van der Waals surface area contributed by atoms with Crippen LogP contribution in [0, 0.1) is 0 Å². The van der Waals surface area contributed by atoms with Crippen molar-refractivity contribution < 1.29 is 9.63 Å². The van der Waals surface area contributed by atoms with Crippen LogP contribution in [0.1, 0.15) is 0 Å². The molecule has 0 radical (unpaired) electrons. The number of nitrogens with zero attached hydrogens (tertiary/aromatic N) is 1. The van der Waals surface area contributed by atoms with Crippen molar-refractivity contribution in [3.8, 4) is 0 Å². The van der Waals surface area contributed by atoms with Crippen LogP contribution in [-0.4, -0.2) is 58.4 Å². The maximum atomic E-state index is 10.9. The molecule has 15 heavy (non-hydrogen) atoms. The fourth-order valence-corrected chi connectivity index (χ4v) is 0.629. The van der Waals surface area contributed by atoms with Gasteiger partial charge in [-0.15, -0.1) is 0 Å². The fraction of sp³-hybridized carbons (Fsp3) is 0. The molecule has 0 fully saturated rings. The Kier molecular flexibility index (Phi) is 5.26. The first-order valence-corrected chi connectivity index (χ1v) is 3.35. The molecule has 0 saturated heterocycles. The molecule has 0 aliphatic heterocycles. The number of aromatic amines is 2. The van der Waals surface area contributed by atoms with Gasteiger partial charge in [0.25, 0.3) is 0 Å². The fourth-order valence-electron chi connectivity index (χ4n) is 0.629. The van der Waals surface area contributed by atoms with Crippen LogP contribution in [0.2, 0.25) is 0 Å². The summed E-state index contributed by atoms with van der Waals surface area (Å²) in [4.78, 5) is 50.5. The average molecular weight is 241 g/mol. The predicted octanol–water partition coefficient (Wildman–Crippen LogP) is -3.55. The van der Waals surface area contributed by atoms with Crippen molar-refractivity contribution >= 4 is 43.7 Å². The molecule has 0 spiro atoms. The summed E-state index contributed by atoms with van der Waals surface area (Å²) in [6.07, 6.45) is 0.761. The van der Waals surface area contributed by atoms with Crippen LogP contribution in [0.4, 0.5) is 0 Å². The third-order valence-electron chi connectivity index (χ3n) is 1.16. The molecule has 0 aliphatic rings. The number of rotatable bonds is 2. The van der Waals surface area contributed by atoms with Gasteiger partial charge in [-0.3, -0.25) is 9.97 Å². The summed E-state index contributed by atoms with van der Waals surface area (Å²) < 4.78 is 0.0748. The third kappa shape index (κ3) is 3.50. The molecule has 0 atom stereocenters. The second-order valence-corrected chi connectivity index (χ2v) is 2.10. The number of hydrogen-bond donors (Lipinski definition) is 2. The number of carbonyl (C=O) groups excluding carboxylic acids is 1. The first-order valence-electron chi connectivity index (χ1n) is 3.35. The number of aromatic nitrogens is 3. The zero-order chi connectivity index (χ0) is 10.7. The van der Waals surface area contributed by atoms with E-state index in [4.69, 9.17) is 0 Å². The minimum atomic E-state index is -1.14. The van der Waals surface area contributed by atoms with E-state index in [9.17, 15) is 19.2 Å². The van der Waals surface area contributed by atoms with Crippen molar-refractivity contribution in [3.05, 3.63) is 44.1 Å². The van der Waals surface area contributed by atoms with Gasteiger partial charge in [0.15, 0.2) is 0 Å². The molecule has 0 aliphatic carbocycles. The Bertz CT molecular complexity index is 504. The Labute approximate surface area is 112 Å². The van der Waals surface area contributed by atoms with Crippen LogP contribution in [0.3, 0.4) is 0 Å². The van der Waals surface area contributed by atoms with Crippen LogP contribution >= 0.6 is 0 Å². The summed E-state index contributed by atoms with van der Waals surface area (Å²) in [5.74, 6) is -0.996. The monoisotopic (exact) mass is 241 g/mol. The molecule has 1 aromatic heterocycles. The van der Waals surface area contributed by atoms with Crippen molar-refractivity contribution in [1.29, 1.82) is 0 Å². The van der Waals surface area contributed by atoms with E-state index in [1.54, 1.807) is 9.97 Å². The van der Waals surface area contributed by atoms with E-state index < -0.39 is 23.0 Å². The first kappa shape index (κ1) is 13.9. The third-order valence-corrected chi connectivity index (χ3v) is 1.16. The normalized spacial score (nSPS) is 8.80. The van der Waals surface area contributed by atoms with E-state index in [2.05, 4.69) is 11.4 Å². The Hall–Kier alpha value is -1.12. The van der Waals surface area contributed by atoms with Crippen LogP contribution < -0.4 is 21.9 Å². The van der Waals surface area contributed by atoms with Crippen molar-refractivity contribution in [2.24, 2.45) is 0 Å². The predicted molar refractivity (Wildman–Crippen MR) is 52.3 cm³/mol. The van der Waals surface area contributed by atoms with Crippen LogP contribution in [0.5, 0.6) is 0 Å². The van der Waals surface area contributed by atoms with E-state index in [-0.39, 0.29) is 42.5 Å². The number of carbonyl (C=O) groups is 1. The van der Waals surface area contributed by atoms with Gasteiger partial charge in [0, 0.05) is 6.08 Å². The number of nitrogens with one attached hydrogen (secondary N) is 2. The number of hydrogen-bond acceptors (Lipinski definition) is 5. The van der Waals surface area contributed by atoms with Gasteiger partial charge in [0.2, 0.25) is 0 Å². The number of H-pyrrole nitrogens is 2. The van der Waals surface area contributed by atoms with Crippen LogP contribution in [0.25, 0.3) is 0 Å². The molecule has 2 N–H and O–H groups in total. The van der Waals surface area contributed by atoms with Gasteiger partial charge >= 0.3 is 60.8 Å². The minimum absolute atomic E-state index is 0. The second-order valence-electron chi connectivity index (χ2n) is 2.10. The van der Waals surface area contributed by atoms with Crippen LogP contribution in [-0.2, 0) is 4.79 Å². The molecule has 1 rings (SSSR count). The van der Waals surface area contributed by atoms with Crippen molar-refractivity contribution in [2.75, 3.05) is 0 Å². The molecular formula is C6H7CaN3O5. The summed E-state index contributed by atoms with van der Waals surface area (Å²) >= 11 is 0. The molecule has 0 aromatic carbocycles. The zero-order valence-corrected chi connectivity index (χ0v) is 6.77. The Morgan fingerprint density at radius 3 is 2.13 bits per heavy atom. The molecule has 9 heteroatoms. The summed E-state index contributed by atoms with van der Waals surface area (Å²) in [6.45, 7) is 3.06. The average Bonchev–Trinajstić information content (AvgIpc) is 2.10. The van der Waals surface area contributed by atoms with E-state index >= 15 is 0 Å². The molecule has 0 saturated carbocycles. The van der Waals surface area contributed by atoms with Gasteiger partial charge in [-0.25, -0.2) is 19.2 Å². The van der Waals surface area contributed by atoms with Crippen molar-refractivity contribution in [3.63, 3.8) is 0 Å². The summed E-state index contributed by atoms with van der Waals surface area (Å²) in [7, 11) is 0. The van der Waals surface area contributed by atoms with Crippen LogP contribution in [0.15, 0.2) is 27.0 Å². The van der Waals surface area contributed by atoms with E-state index in [1.165, 1.54) is 0 Å². The summed E-state index contributed by atoms with van der Waals surface area (Å²) in [5, 5.41) is 0. The Balaban J connectivity index is 0.00000196. The molecule has 0 unspecified atom stereocenters.